The number of fused-ring (bicyclic) bond motifs is 2. The average molecular weight is 614 g/mol. The van der Waals surface area contributed by atoms with Gasteiger partial charge in [0.15, 0.2) is 0 Å². The molecule has 0 aliphatic carbocycles. The number of amides is 1. The number of nitrogens with zero attached hydrogens (tertiary/aromatic N) is 3. The highest BCUT2D eigenvalue weighted by Crippen LogP contribution is 2.29. The van der Waals surface area contributed by atoms with Crippen molar-refractivity contribution in [2.45, 2.75) is 45.8 Å². The van der Waals surface area contributed by atoms with Gasteiger partial charge in [-0.15, -0.1) is 11.3 Å². The molecule has 3 aromatic heterocycles. The van der Waals surface area contributed by atoms with Gasteiger partial charge in [-0.3, -0.25) is 4.79 Å². The molecule has 0 radical (unpaired) electrons. The van der Waals surface area contributed by atoms with Crippen molar-refractivity contribution in [3.8, 4) is 11.5 Å². The Balaban J connectivity index is 1.01. The van der Waals surface area contributed by atoms with E-state index < -0.39 is 5.60 Å². The van der Waals surface area contributed by atoms with E-state index in [1.54, 1.807) is 16.2 Å². The lowest BCUT2D eigenvalue weighted by Gasteiger charge is -2.33. The maximum atomic E-state index is 13.6. The summed E-state index contributed by atoms with van der Waals surface area (Å²) in [5.41, 5.74) is 3.00. The van der Waals surface area contributed by atoms with Gasteiger partial charge < -0.3 is 28.2 Å². The number of carbonyl (C=O) groups excluding carboxylic acids is 2. The number of aromatic nitrogens is 2. The second-order valence-corrected chi connectivity index (χ2v) is 13.3. The number of hydrogen-bond donors (Lipinski definition) is 0. The third-order valence-electron chi connectivity index (χ3n) is 8.11. The average Bonchev–Trinajstić information content (AvgIpc) is 3.71. The van der Waals surface area contributed by atoms with Crippen molar-refractivity contribution in [3.05, 3.63) is 83.5 Å². The summed E-state index contributed by atoms with van der Waals surface area (Å²) < 4.78 is 22.8. The van der Waals surface area contributed by atoms with E-state index in [4.69, 9.17) is 14.2 Å². The Bertz CT molecular complexity index is 1770. The van der Waals surface area contributed by atoms with Gasteiger partial charge >= 0.3 is 6.09 Å². The fraction of sp³-hybridized carbons (Fsp3) is 0.371. The number of piperidine rings is 1. The van der Waals surface area contributed by atoms with Crippen LogP contribution in [0, 0.1) is 5.92 Å². The van der Waals surface area contributed by atoms with Crippen molar-refractivity contribution in [3.63, 3.8) is 0 Å². The molecule has 2 aromatic carbocycles. The molecule has 0 unspecified atom stereocenters. The lowest BCUT2D eigenvalue weighted by atomic mass is 9.98. The quantitative estimate of drug-likeness (QED) is 0.161. The van der Waals surface area contributed by atoms with Gasteiger partial charge in [0.25, 0.3) is 0 Å². The lowest BCUT2D eigenvalue weighted by molar-refractivity contribution is 0.0165. The molecule has 5 aromatic rings. The Hall–Kier alpha value is -4.24. The Morgan fingerprint density at radius 3 is 2.34 bits per heavy atom. The molecule has 0 saturated carbocycles. The van der Waals surface area contributed by atoms with E-state index in [1.165, 1.54) is 0 Å². The minimum atomic E-state index is -0.478. The van der Waals surface area contributed by atoms with Gasteiger partial charge in [-0.2, -0.15) is 0 Å². The Morgan fingerprint density at radius 1 is 0.932 bits per heavy atom. The predicted octanol–water partition coefficient (Wildman–Crippen LogP) is 7.53. The van der Waals surface area contributed by atoms with Crippen LogP contribution in [0.5, 0.6) is 11.5 Å². The molecular formula is C35H39N3O5S. The lowest BCUT2D eigenvalue weighted by Crippen LogP contribution is -2.42. The van der Waals surface area contributed by atoms with Gasteiger partial charge in [0, 0.05) is 42.8 Å². The largest absolute Gasteiger partial charge is 0.493 e. The standard InChI is InChI=1S/C35H39N3O5S/c1-35(2,3)43-34(40)37-16-13-24(14-17-37)23-42-26-11-9-25(10-12-26)41-19-18-38-22-28(27-7-5-6-8-29(27)38)33(39)31-21-32-30(36(31)4)15-20-44-32/h5-12,15,20-22,24H,13-14,16-19,23H2,1-4H3. The molecule has 6 rings (SSSR count). The third-order valence-corrected chi connectivity index (χ3v) is 8.96. The smallest absolute Gasteiger partial charge is 0.410 e. The number of ketones is 1. The zero-order valence-corrected chi connectivity index (χ0v) is 26.6. The number of ether oxygens (including phenoxy) is 3. The molecule has 0 N–H and O–H groups in total. The molecule has 1 amide bonds. The Kier molecular flexibility index (Phi) is 8.40. The van der Waals surface area contributed by atoms with Crippen molar-refractivity contribution >= 4 is 44.3 Å². The van der Waals surface area contributed by atoms with Gasteiger partial charge in [0.1, 0.15) is 23.7 Å². The maximum Gasteiger partial charge on any atom is 0.410 e. The number of carbonyl (C=O) groups is 2. The first-order valence-electron chi connectivity index (χ1n) is 15.2. The van der Waals surface area contributed by atoms with Gasteiger partial charge in [-0.1, -0.05) is 18.2 Å². The van der Waals surface area contributed by atoms with Crippen molar-refractivity contribution < 1.29 is 23.8 Å². The van der Waals surface area contributed by atoms with Gasteiger partial charge in [-0.25, -0.2) is 4.79 Å². The number of likely N-dealkylation sites (tertiary alicyclic amines) is 1. The number of para-hydroxylation sites is 1. The van der Waals surface area contributed by atoms with E-state index >= 15 is 0 Å². The fourth-order valence-corrected chi connectivity index (χ4v) is 6.58. The molecule has 8 nitrogen and oxygen atoms in total. The zero-order valence-electron chi connectivity index (χ0n) is 25.7. The first kappa shape index (κ1) is 29.8. The second-order valence-electron chi connectivity index (χ2n) is 12.4. The van der Waals surface area contributed by atoms with E-state index in [0.717, 1.165) is 45.5 Å². The summed E-state index contributed by atoms with van der Waals surface area (Å²) >= 11 is 1.65. The molecule has 1 aliphatic rings. The summed E-state index contributed by atoms with van der Waals surface area (Å²) in [6.45, 7) is 8.72. The molecule has 9 heteroatoms. The first-order valence-corrected chi connectivity index (χ1v) is 16.0. The maximum absolute atomic E-state index is 13.6. The molecule has 1 saturated heterocycles. The van der Waals surface area contributed by atoms with E-state index in [0.29, 0.717) is 50.0 Å². The van der Waals surface area contributed by atoms with E-state index in [2.05, 4.69) is 10.6 Å². The molecule has 44 heavy (non-hydrogen) atoms. The van der Waals surface area contributed by atoms with Crippen LogP contribution in [0.1, 0.15) is 49.7 Å². The summed E-state index contributed by atoms with van der Waals surface area (Å²) in [7, 11) is 1.95. The molecule has 1 fully saturated rings. The van der Waals surface area contributed by atoms with E-state index in [1.807, 2.05) is 98.6 Å². The Morgan fingerprint density at radius 2 is 1.64 bits per heavy atom. The normalized spacial score (nSPS) is 14.3. The summed E-state index contributed by atoms with van der Waals surface area (Å²) in [6.07, 6.45) is 3.50. The highest BCUT2D eigenvalue weighted by molar-refractivity contribution is 7.17. The highest BCUT2D eigenvalue weighted by atomic mass is 32.1. The van der Waals surface area contributed by atoms with Crippen LogP contribution >= 0.6 is 11.3 Å². The van der Waals surface area contributed by atoms with E-state index in [-0.39, 0.29) is 11.9 Å². The summed E-state index contributed by atoms with van der Waals surface area (Å²) in [6, 6.07) is 19.8. The van der Waals surface area contributed by atoms with Crippen LogP contribution in [0.4, 0.5) is 4.79 Å². The van der Waals surface area contributed by atoms with Crippen LogP contribution in [0.25, 0.3) is 21.1 Å². The molecule has 0 atom stereocenters. The van der Waals surface area contributed by atoms with Crippen LogP contribution < -0.4 is 9.47 Å². The van der Waals surface area contributed by atoms with Crippen molar-refractivity contribution in [1.29, 1.82) is 0 Å². The molecule has 230 valence electrons. The topological polar surface area (TPSA) is 74.9 Å². The molecule has 0 bridgehead atoms. The minimum absolute atomic E-state index is 0.0240. The van der Waals surface area contributed by atoms with Gasteiger partial charge in [-0.05, 0) is 87.4 Å². The monoisotopic (exact) mass is 613 g/mol. The predicted molar refractivity (Wildman–Crippen MR) is 174 cm³/mol. The number of thiophene rings is 1. The van der Waals surface area contributed by atoms with Gasteiger partial charge in [0.05, 0.1) is 29.1 Å². The number of benzene rings is 2. The Labute approximate surface area is 261 Å². The minimum Gasteiger partial charge on any atom is -0.493 e. The zero-order chi connectivity index (χ0) is 30.8. The second kappa shape index (κ2) is 12.4. The van der Waals surface area contributed by atoms with Crippen LogP contribution in [0.2, 0.25) is 0 Å². The molecule has 1 aliphatic heterocycles. The molecule has 4 heterocycles. The SMILES string of the molecule is Cn1c(C(=O)c2cn(CCOc3ccc(OCC4CCN(C(=O)OC(C)(C)C)CC4)cc3)c3ccccc23)cc2sccc21. The van der Waals surface area contributed by atoms with Crippen LogP contribution in [0.3, 0.4) is 0 Å². The summed E-state index contributed by atoms with van der Waals surface area (Å²) in [5.74, 6) is 1.98. The van der Waals surface area contributed by atoms with Crippen LogP contribution in [0.15, 0.2) is 72.2 Å². The molecular weight excluding hydrogens is 574 g/mol. The van der Waals surface area contributed by atoms with Crippen molar-refractivity contribution in [1.82, 2.24) is 14.0 Å². The fourth-order valence-electron chi connectivity index (χ4n) is 5.74. The summed E-state index contributed by atoms with van der Waals surface area (Å²) in [5, 5.41) is 2.99. The number of rotatable bonds is 9. The highest BCUT2D eigenvalue weighted by Gasteiger charge is 2.27. The van der Waals surface area contributed by atoms with Crippen LogP contribution in [-0.2, 0) is 18.3 Å². The van der Waals surface area contributed by atoms with Crippen molar-refractivity contribution in [2.24, 2.45) is 13.0 Å². The van der Waals surface area contributed by atoms with Crippen molar-refractivity contribution in [2.75, 3.05) is 26.3 Å². The number of aryl methyl sites for hydroxylation is 1. The van der Waals surface area contributed by atoms with E-state index in [9.17, 15) is 9.59 Å². The molecule has 0 spiro atoms. The third kappa shape index (κ3) is 6.48. The summed E-state index contributed by atoms with van der Waals surface area (Å²) in [4.78, 5) is 27.7. The van der Waals surface area contributed by atoms with Crippen LogP contribution in [-0.4, -0.2) is 57.8 Å². The number of hydrogen-bond acceptors (Lipinski definition) is 6. The van der Waals surface area contributed by atoms with Gasteiger partial charge in [0.2, 0.25) is 5.78 Å². The first-order chi connectivity index (χ1) is 21.2.